The molecule has 1 N–H and O–H groups in total. The van der Waals surface area contributed by atoms with Crippen molar-refractivity contribution in [3.05, 3.63) is 24.0 Å². The van der Waals surface area contributed by atoms with Crippen LogP contribution in [0, 0.1) is 11.3 Å². The van der Waals surface area contributed by atoms with Gasteiger partial charge >= 0.3 is 5.97 Å². The zero-order valence-electron chi connectivity index (χ0n) is 10.0. The van der Waals surface area contributed by atoms with Crippen molar-refractivity contribution in [3.63, 3.8) is 0 Å². The highest BCUT2D eigenvalue weighted by Crippen LogP contribution is 2.26. The fourth-order valence-electron chi connectivity index (χ4n) is 2.38. The summed E-state index contributed by atoms with van der Waals surface area (Å²) in [5.74, 6) is -0.770. The molecule has 2 heterocycles. The number of carboxylic acid groups (broad SMARTS) is 1. The largest absolute Gasteiger partial charge is 0.481 e. The maximum atomic E-state index is 10.9. The number of rotatable bonds is 3. The molecule has 0 aliphatic carbocycles. The minimum absolute atomic E-state index is 0.0333. The molecule has 1 saturated heterocycles. The standard InChI is InChI=1S/C13H15N3O2/c14-8-10-4-5-12(9-15-10)16-6-2-1-3-11(16)7-13(17)18/h4-5,9,11H,1-3,6-7H2,(H,17,18). The molecule has 5 nitrogen and oxygen atoms in total. The van der Waals surface area contributed by atoms with Crippen molar-refractivity contribution >= 4 is 11.7 Å². The van der Waals surface area contributed by atoms with Crippen LogP contribution < -0.4 is 4.90 Å². The summed E-state index contributed by atoms with van der Waals surface area (Å²) in [4.78, 5) is 17.0. The van der Waals surface area contributed by atoms with E-state index < -0.39 is 5.97 Å². The number of hydrogen-bond donors (Lipinski definition) is 1. The summed E-state index contributed by atoms with van der Waals surface area (Å²) in [6, 6.07) is 5.52. The Hall–Kier alpha value is -2.09. The topological polar surface area (TPSA) is 77.2 Å². The predicted octanol–water partition coefficient (Wildman–Crippen LogP) is 1.79. The van der Waals surface area contributed by atoms with Crippen molar-refractivity contribution in [1.29, 1.82) is 5.26 Å². The Labute approximate surface area is 106 Å². The van der Waals surface area contributed by atoms with Crippen LogP contribution in [0.3, 0.4) is 0 Å². The van der Waals surface area contributed by atoms with Crippen LogP contribution in [0.4, 0.5) is 5.69 Å². The molecule has 0 spiro atoms. The third-order valence-electron chi connectivity index (χ3n) is 3.23. The van der Waals surface area contributed by atoms with E-state index in [9.17, 15) is 4.79 Å². The quantitative estimate of drug-likeness (QED) is 0.878. The fourth-order valence-corrected chi connectivity index (χ4v) is 2.38. The number of anilines is 1. The van der Waals surface area contributed by atoms with Crippen molar-refractivity contribution in [2.75, 3.05) is 11.4 Å². The lowest BCUT2D eigenvalue weighted by Gasteiger charge is -2.36. The Kier molecular flexibility index (Phi) is 3.78. The summed E-state index contributed by atoms with van der Waals surface area (Å²) in [7, 11) is 0. The molecule has 94 valence electrons. The van der Waals surface area contributed by atoms with Crippen LogP contribution in [0.2, 0.25) is 0 Å². The lowest BCUT2D eigenvalue weighted by atomic mass is 9.99. The summed E-state index contributed by atoms with van der Waals surface area (Å²) >= 11 is 0. The van der Waals surface area contributed by atoms with E-state index in [1.54, 1.807) is 12.3 Å². The van der Waals surface area contributed by atoms with Gasteiger partial charge < -0.3 is 10.0 Å². The second-order valence-corrected chi connectivity index (χ2v) is 4.45. The molecule has 1 unspecified atom stereocenters. The van der Waals surface area contributed by atoms with E-state index in [-0.39, 0.29) is 12.5 Å². The fraction of sp³-hybridized carbons (Fsp3) is 0.462. The Bertz CT molecular complexity index is 464. The number of hydrogen-bond acceptors (Lipinski definition) is 4. The number of nitrogens with zero attached hydrogens (tertiary/aromatic N) is 3. The van der Waals surface area contributed by atoms with Crippen molar-refractivity contribution in [2.24, 2.45) is 0 Å². The van der Waals surface area contributed by atoms with E-state index in [4.69, 9.17) is 10.4 Å². The summed E-state index contributed by atoms with van der Waals surface area (Å²) < 4.78 is 0. The van der Waals surface area contributed by atoms with Gasteiger partial charge in [-0.1, -0.05) is 0 Å². The first-order valence-corrected chi connectivity index (χ1v) is 6.05. The van der Waals surface area contributed by atoms with Gasteiger partial charge in [0.2, 0.25) is 0 Å². The van der Waals surface area contributed by atoms with Gasteiger partial charge in [-0.2, -0.15) is 5.26 Å². The molecule has 1 aliphatic heterocycles. The van der Waals surface area contributed by atoms with Crippen molar-refractivity contribution < 1.29 is 9.90 Å². The summed E-state index contributed by atoms with van der Waals surface area (Å²) in [5, 5.41) is 17.6. The highest BCUT2D eigenvalue weighted by Gasteiger charge is 2.24. The maximum absolute atomic E-state index is 10.9. The van der Waals surface area contributed by atoms with E-state index in [1.807, 2.05) is 12.1 Å². The molecule has 1 aliphatic rings. The minimum Gasteiger partial charge on any atom is -0.481 e. The SMILES string of the molecule is N#Cc1ccc(N2CCCCC2CC(=O)O)cn1. The van der Waals surface area contributed by atoms with Gasteiger partial charge in [0, 0.05) is 12.6 Å². The normalized spacial score (nSPS) is 19.3. The van der Waals surface area contributed by atoms with Crippen LogP contribution in [-0.4, -0.2) is 28.6 Å². The van der Waals surface area contributed by atoms with Crippen LogP contribution in [0.5, 0.6) is 0 Å². The van der Waals surface area contributed by atoms with E-state index in [0.717, 1.165) is 31.5 Å². The van der Waals surface area contributed by atoms with Crippen LogP contribution in [0.1, 0.15) is 31.4 Å². The van der Waals surface area contributed by atoms with E-state index in [1.165, 1.54) is 0 Å². The molecule has 18 heavy (non-hydrogen) atoms. The number of carbonyl (C=O) groups is 1. The Morgan fingerprint density at radius 3 is 3.00 bits per heavy atom. The highest BCUT2D eigenvalue weighted by molar-refractivity contribution is 5.68. The number of aliphatic carboxylic acids is 1. The molecular formula is C13H15N3O2. The van der Waals surface area contributed by atoms with Gasteiger partial charge in [0.1, 0.15) is 11.8 Å². The van der Waals surface area contributed by atoms with Gasteiger partial charge in [0.05, 0.1) is 18.3 Å². The highest BCUT2D eigenvalue weighted by atomic mass is 16.4. The van der Waals surface area contributed by atoms with Gasteiger partial charge in [0.15, 0.2) is 0 Å². The second kappa shape index (κ2) is 5.50. The number of aromatic nitrogens is 1. The molecular weight excluding hydrogens is 230 g/mol. The number of pyridine rings is 1. The second-order valence-electron chi connectivity index (χ2n) is 4.45. The van der Waals surface area contributed by atoms with Crippen LogP contribution >= 0.6 is 0 Å². The molecule has 5 heteroatoms. The molecule has 0 radical (unpaired) electrons. The Morgan fingerprint density at radius 2 is 2.39 bits per heavy atom. The Balaban J connectivity index is 2.17. The summed E-state index contributed by atoms with van der Waals surface area (Å²) in [5.41, 5.74) is 1.28. The van der Waals surface area contributed by atoms with Crippen LogP contribution in [0.25, 0.3) is 0 Å². The number of nitriles is 1. The molecule has 1 fully saturated rings. The smallest absolute Gasteiger partial charge is 0.305 e. The van der Waals surface area contributed by atoms with Gasteiger partial charge in [-0.05, 0) is 31.4 Å². The van der Waals surface area contributed by atoms with Gasteiger partial charge in [-0.15, -0.1) is 0 Å². The molecule has 2 rings (SSSR count). The maximum Gasteiger partial charge on any atom is 0.305 e. The number of carboxylic acids is 1. The first kappa shape index (κ1) is 12.4. The van der Waals surface area contributed by atoms with Crippen molar-refractivity contribution in [2.45, 2.75) is 31.7 Å². The summed E-state index contributed by atoms with van der Waals surface area (Å²) in [6.07, 6.45) is 4.83. The van der Waals surface area contributed by atoms with Gasteiger partial charge in [-0.3, -0.25) is 4.79 Å². The first-order chi connectivity index (χ1) is 8.70. The first-order valence-electron chi connectivity index (χ1n) is 6.05. The van der Waals surface area contributed by atoms with E-state index >= 15 is 0 Å². The molecule has 0 aromatic carbocycles. The average Bonchev–Trinajstić information content (AvgIpc) is 2.39. The van der Waals surface area contributed by atoms with Gasteiger partial charge in [-0.25, -0.2) is 4.98 Å². The van der Waals surface area contributed by atoms with Crippen LogP contribution in [0.15, 0.2) is 18.3 Å². The Morgan fingerprint density at radius 1 is 1.56 bits per heavy atom. The van der Waals surface area contributed by atoms with E-state index in [2.05, 4.69) is 9.88 Å². The summed E-state index contributed by atoms with van der Waals surface area (Å²) in [6.45, 7) is 0.853. The van der Waals surface area contributed by atoms with Crippen molar-refractivity contribution in [1.82, 2.24) is 4.98 Å². The third kappa shape index (κ3) is 2.77. The van der Waals surface area contributed by atoms with Crippen molar-refractivity contribution in [3.8, 4) is 6.07 Å². The molecule has 0 saturated carbocycles. The average molecular weight is 245 g/mol. The number of piperidine rings is 1. The monoisotopic (exact) mass is 245 g/mol. The van der Waals surface area contributed by atoms with Crippen LogP contribution in [-0.2, 0) is 4.79 Å². The van der Waals surface area contributed by atoms with E-state index in [0.29, 0.717) is 5.69 Å². The zero-order valence-corrected chi connectivity index (χ0v) is 10.0. The minimum atomic E-state index is -0.770. The third-order valence-corrected chi connectivity index (χ3v) is 3.23. The predicted molar refractivity (Wildman–Crippen MR) is 66.2 cm³/mol. The lowest BCUT2D eigenvalue weighted by Crippen LogP contribution is -2.41. The molecule has 1 atom stereocenters. The zero-order chi connectivity index (χ0) is 13.0. The molecule has 1 aromatic heterocycles. The lowest BCUT2D eigenvalue weighted by molar-refractivity contribution is -0.137. The molecule has 1 aromatic rings. The van der Waals surface area contributed by atoms with Gasteiger partial charge in [0.25, 0.3) is 0 Å². The molecule has 0 bridgehead atoms. The molecule has 0 amide bonds.